The maximum atomic E-state index is 8.87. The molecule has 0 amide bonds. The van der Waals surface area contributed by atoms with E-state index in [9.17, 15) is 0 Å². The van der Waals surface area contributed by atoms with Crippen LogP contribution in [0.3, 0.4) is 0 Å². The van der Waals surface area contributed by atoms with Gasteiger partial charge in [0.2, 0.25) is 0 Å². The quantitative estimate of drug-likeness (QED) is 0.752. The Bertz CT molecular complexity index is 237. The second kappa shape index (κ2) is 6.68. The number of thioether (sulfide) groups is 1. The summed E-state index contributed by atoms with van der Waals surface area (Å²) in [6, 6.07) is 6.07. The fourth-order valence-corrected chi connectivity index (χ4v) is 1.86. The Hall–Kier alpha value is -0.740. The standard InChI is InChI=1S/C10H16N2OS/c1-14-8-9(5-7-13)12-10-4-2-3-6-11-10/h2-4,6,9,13H,5,7-8H2,1H3,(H,11,12)/t9-/m1/s1. The average Bonchev–Trinajstić information content (AvgIpc) is 2.20. The summed E-state index contributed by atoms with van der Waals surface area (Å²) in [4.78, 5) is 4.18. The van der Waals surface area contributed by atoms with Crippen LogP contribution < -0.4 is 5.32 Å². The largest absolute Gasteiger partial charge is 0.396 e. The van der Waals surface area contributed by atoms with Crippen molar-refractivity contribution >= 4 is 17.6 Å². The van der Waals surface area contributed by atoms with E-state index in [2.05, 4.69) is 16.6 Å². The van der Waals surface area contributed by atoms with Gasteiger partial charge < -0.3 is 10.4 Å². The first-order valence-corrected chi connectivity index (χ1v) is 6.03. The first-order chi connectivity index (χ1) is 6.86. The van der Waals surface area contributed by atoms with Crippen molar-refractivity contribution in [1.29, 1.82) is 0 Å². The van der Waals surface area contributed by atoms with Crippen LogP contribution in [0.5, 0.6) is 0 Å². The number of hydrogen-bond acceptors (Lipinski definition) is 4. The molecule has 0 saturated heterocycles. The normalized spacial score (nSPS) is 12.4. The predicted molar refractivity (Wildman–Crippen MR) is 61.7 cm³/mol. The molecular formula is C10H16N2OS. The van der Waals surface area contributed by atoms with Crippen molar-refractivity contribution in [2.75, 3.05) is 23.9 Å². The second-order valence-corrected chi connectivity index (χ2v) is 3.93. The molecule has 78 valence electrons. The molecule has 0 aromatic carbocycles. The number of nitrogens with zero attached hydrogens (tertiary/aromatic N) is 1. The number of rotatable bonds is 6. The Morgan fingerprint density at radius 3 is 3.00 bits per heavy atom. The topological polar surface area (TPSA) is 45.1 Å². The zero-order chi connectivity index (χ0) is 10.2. The highest BCUT2D eigenvalue weighted by Crippen LogP contribution is 2.08. The zero-order valence-electron chi connectivity index (χ0n) is 8.31. The molecule has 3 nitrogen and oxygen atoms in total. The summed E-state index contributed by atoms with van der Waals surface area (Å²) in [5.74, 6) is 1.86. The molecule has 1 aromatic rings. The van der Waals surface area contributed by atoms with Gasteiger partial charge in [0.1, 0.15) is 5.82 Å². The second-order valence-electron chi connectivity index (χ2n) is 3.02. The third kappa shape index (κ3) is 3.98. The van der Waals surface area contributed by atoms with Gasteiger partial charge in [-0.15, -0.1) is 0 Å². The third-order valence-corrected chi connectivity index (χ3v) is 2.60. The molecule has 1 heterocycles. The van der Waals surface area contributed by atoms with Crippen molar-refractivity contribution in [2.24, 2.45) is 0 Å². The van der Waals surface area contributed by atoms with Crippen LogP contribution in [0.2, 0.25) is 0 Å². The molecule has 0 bridgehead atoms. The van der Waals surface area contributed by atoms with E-state index in [4.69, 9.17) is 5.11 Å². The number of aromatic nitrogens is 1. The average molecular weight is 212 g/mol. The molecule has 0 aliphatic carbocycles. The molecule has 0 fully saturated rings. The Morgan fingerprint density at radius 2 is 2.43 bits per heavy atom. The highest BCUT2D eigenvalue weighted by Gasteiger charge is 2.06. The van der Waals surface area contributed by atoms with Crippen LogP contribution in [-0.2, 0) is 0 Å². The van der Waals surface area contributed by atoms with E-state index in [1.165, 1.54) is 0 Å². The lowest BCUT2D eigenvalue weighted by Crippen LogP contribution is -2.24. The van der Waals surface area contributed by atoms with Crippen molar-refractivity contribution < 1.29 is 5.11 Å². The summed E-state index contributed by atoms with van der Waals surface area (Å²) < 4.78 is 0. The van der Waals surface area contributed by atoms with Gasteiger partial charge in [-0.1, -0.05) is 6.07 Å². The molecule has 4 heteroatoms. The first-order valence-electron chi connectivity index (χ1n) is 4.64. The van der Waals surface area contributed by atoms with E-state index in [0.717, 1.165) is 18.0 Å². The highest BCUT2D eigenvalue weighted by atomic mass is 32.2. The maximum absolute atomic E-state index is 8.87. The SMILES string of the molecule is CSC[C@@H](CCO)Nc1ccccn1. The highest BCUT2D eigenvalue weighted by molar-refractivity contribution is 7.98. The van der Waals surface area contributed by atoms with Gasteiger partial charge in [-0.2, -0.15) is 11.8 Å². The van der Waals surface area contributed by atoms with Crippen molar-refractivity contribution in [3.63, 3.8) is 0 Å². The zero-order valence-corrected chi connectivity index (χ0v) is 9.13. The lowest BCUT2D eigenvalue weighted by atomic mass is 10.2. The van der Waals surface area contributed by atoms with Crippen molar-refractivity contribution in [3.05, 3.63) is 24.4 Å². The molecule has 2 N–H and O–H groups in total. The fourth-order valence-electron chi connectivity index (χ4n) is 1.21. The van der Waals surface area contributed by atoms with E-state index in [1.807, 2.05) is 18.2 Å². The van der Waals surface area contributed by atoms with E-state index >= 15 is 0 Å². The lowest BCUT2D eigenvalue weighted by Gasteiger charge is -2.16. The van der Waals surface area contributed by atoms with Crippen LogP contribution in [0.1, 0.15) is 6.42 Å². The summed E-state index contributed by atoms with van der Waals surface area (Å²) in [7, 11) is 0. The molecule has 1 rings (SSSR count). The molecular weight excluding hydrogens is 196 g/mol. The minimum atomic E-state index is 0.213. The molecule has 1 aromatic heterocycles. The Balaban J connectivity index is 2.46. The van der Waals surface area contributed by atoms with Crippen LogP contribution in [0.25, 0.3) is 0 Å². The van der Waals surface area contributed by atoms with Crippen LogP contribution in [0.4, 0.5) is 5.82 Å². The number of pyridine rings is 1. The lowest BCUT2D eigenvalue weighted by molar-refractivity contribution is 0.282. The van der Waals surface area contributed by atoms with Crippen molar-refractivity contribution in [2.45, 2.75) is 12.5 Å². The Kier molecular flexibility index (Phi) is 5.40. The number of aliphatic hydroxyl groups excluding tert-OH is 1. The van der Waals surface area contributed by atoms with E-state index in [-0.39, 0.29) is 6.61 Å². The Labute approximate surface area is 88.9 Å². The van der Waals surface area contributed by atoms with Gasteiger partial charge in [0.05, 0.1) is 0 Å². The third-order valence-electron chi connectivity index (χ3n) is 1.86. The van der Waals surface area contributed by atoms with Gasteiger partial charge in [0.25, 0.3) is 0 Å². The smallest absolute Gasteiger partial charge is 0.126 e. The van der Waals surface area contributed by atoms with Gasteiger partial charge in [0.15, 0.2) is 0 Å². The van der Waals surface area contributed by atoms with Crippen molar-refractivity contribution in [3.8, 4) is 0 Å². The Morgan fingerprint density at radius 1 is 1.57 bits per heavy atom. The summed E-state index contributed by atoms with van der Waals surface area (Å²) in [5.41, 5.74) is 0. The number of aliphatic hydroxyl groups is 1. The van der Waals surface area contributed by atoms with E-state index in [0.29, 0.717) is 6.04 Å². The van der Waals surface area contributed by atoms with Crippen molar-refractivity contribution in [1.82, 2.24) is 4.98 Å². The fraction of sp³-hybridized carbons (Fsp3) is 0.500. The molecule has 0 aliphatic heterocycles. The summed E-state index contributed by atoms with van der Waals surface area (Å²) >= 11 is 1.77. The first kappa shape index (κ1) is 11.3. The molecule has 14 heavy (non-hydrogen) atoms. The van der Waals surface area contributed by atoms with Gasteiger partial charge in [-0.25, -0.2) is 4.98 Å². The monoisotopic (exact) mass is 212 g/mol. The summed E-state index contributed by atoms with van der Waals surface area (Å²) in [5, 5.41) is 12.2. The molecule has 0 saturated carbocycles. The van der Waals surface area contributed by atoms with E-state index in [1.54, 1.807) is 18.0 Å². The van der Waals surface area contributed by atoms with Crippen LogP contribution in [-0.4, -0.2) is 34.7 Å². The maximum Gasteiger partial charge on any atom is 0.126 e. The molecule has 0 aliphatic rings. The van der Waals surface area contributed by atoms with Gasteiger partial charge in [-0.3, -0.25) is 0 Å². The number of nitrogens with one attached hydrogen (secondary N) is 1. The van der Waals surface area contributed by atoms with Crippen LogP contribution in [0.15, 0.2) is 24.4 Å². The van der Waals surface area contributed by atoms with Crippen LogP contribution >= 0.6 is 11.8 Å². The summed E-state index contributed by atoms with van der Waals surface area (Å²) in [6.07, 6.45) is 4.58. The van der Waals surface area contributed by atoms with Gasteiger partial charge in [0, 0.05) is 24.6 Å². The van der Waals surface area contributed by atoms with Crippen LogP contribution in [0, 0.1) is 0 Å². The minimum Gasteiger partial charge on any atom is -0.396 e. The van der Waals surface area contributed by atoms with E-state index < -0.39 is 0 Å². The molecule has 0 radical (unpaired) electrons. The number of hydrogen-bond donors (Lipinski definition) is 2. The van der Waals surface area contributed by atoms with Gasteiger partial charge in [-0.05, 0) is 24.8 Å². The predicted octanol–water partition coefficient (Wildman–Crippen LogP) is 1.61. The molecule has 0 spiro atoms. The molecule has 0 unspecified atom stereocenters. The van der Waals surface area contributed by atoms with Gasteiger partial charge >= 0.3 is 0 Å². The molecule has 1 atom stereocenters. The minimum absolute atomic E-state index is 0.213. The number of anilines is 1. The summed E-state index contributed by atoms with van der Waals surface area (Å²) in [6.45, 7) is 0.213.